The first-order valence-corrected chi connectivity index (χ1v) is 8.17. The van der Waals surface area contributed by atoms with Gasteiger partial charge in [-0.25, -0.2) is 4.79 Å². The van der Waals surface area contributed by atoms with Gasteiger partial charge in [0.15, 0.2) is 0 Å². The van der Waals surface area contributed by atoms with Gasteiger partial charge in [-0.3, -0.25) is 0 Å². The van der Waals surface area contributed by atoms with Crippen LogP contribution in [0.25, 0.3) is 0 Å². The molecule has 0 aliphatic rings. The molecule has 4 nitrogen and oxygen atoms in total. The van der Waals surface area contributed by atoms with Gasteiger partial charge < -0.3 is 15.4 Å². The van der Waals surface area contributed by atoms with Gasteiger partial charge >= 0.3 is 6.03 Å². The van der Waals surface area contributed by atoms with Gasteiger partial charge in [0.2, 0.25) is 0 Å². The highest BCUT2D eigenvalue weighted by Crippen LogP contribution is 2.23. The molecule has 0 aliphatic carbocycles. The molecule has 130 valence electrons. The molecule has 0 radical (unpaired) electrons. The smallest absolute Gasteiger partial charge is 0.319 e. The van der Waals surface area contributed by atoms with Crippen molar-refractivity contribution in [2.45, 2.75) is 26.2 Å². The maximum absolute atomic E-state index is 11.9. The number of methoxy groups -OCH3 is 1. The van der Waals surface area contributed by atoms with Crippen molar-refractivity contribution in [3.05, 3.63) is 59.7 Å². The molecule has 0 fully saturated rings. The van der Waals surface area contributed by atoms with Gasteiger partial charge in [-0.2, -0.15) is 0 Å². The second-order valence-corrected chi connectivity index (χ2v) is 6.67. The summed E-state index contributed by atoms with van der Waals surface area (Å²) in [6, 6.07) is 15.1. The van der Waals surface area contributed by atoms with Gasteiger partial charge in [-0.1, -0.05) is 44.7 Å². The molecule has 0 heterocycles. The SMILES string of the molecule is COc1ccc(C#CCNC(=O)Nc2ccc(C(C)(C)C)cc2)cc1. The second kappa shape index (κ2) is 8.25. The number of ether oxygens (including phenoxy) is 1. The molecule has 2 rings (SSSR count). The summed E-state index contributed by atoms with van der Waals surface area (Å²) in [6.45, 7) is 6.74. The lowest BCUT2D eigenvalue weighted by atomic mass is 9.87. The largest absolute Gasteiger partial charge is 0.497 e. The van der Waals surface area contributed by atoms with Crippen LogP contribution in [0.1, 0.15) is 31.9 Å². The summed E-state index contributed by atoms with van der Waals surface area (Å²) in [5.74, 6) is 6.71. The summed E-state index contributed by atoms with van der Waals surface area (Å²) in [7, 11) is 1.62. The van der Waals surface area contributed by atoms with Crippen LogP contribution in [0.4, 0.5) is 10.5 Å². The van der Waals surface area contributed by atoms with Crippen LogP contribution in [-0.4, -0.2) is 19.7 Å². The number of amides is 2. The van der Waals surface area contributed by atoms with Crippen LogP contribution in [0.15, 0.2) is 48.5 Å². The molecule has 0 aliphatic heterocycles. The van der Waals surface area contributed by atoms with E-state index in [0.29, 0.717) is 0 Å². The minimum Gasteiger partial charge on any atom is -0.497 e. The minimum absolute atomic E-state index is 0.0951. The summed E-state index contributed by atoms with van der Waals surface area (Å²) in [5.41, 5.74) is 2.95. The van der Waals surface area contributed by atoms with E-state index < -0.39 is 0 Å². The number of benzene rings is 2. The molecule has 0 atom stereocenters. The van der Waals surface area contributed by atoms with Gasteiger partial charge in [0, 0.05) is 11.3 Å². The van der Waals surface area contributed by atoms with E-state index in [2.05, 4.69) is 43.2 Å². The first-order chi connectivity index (χ1) is 11.9. The first kappa shape index (κ1) is 18.4. The van der Waals surface area contributed by atoms with Gasteiger partial charge in [0.25, 0.3) is 0 Å². The third-order valence-corrected chi connectivity index (χ3v) is 3.67. The fourth-order valence-electron chi connectivity index (χ4n) is 2.17. The van der Waals surface area contributed by atoms with Gasteiger partial charge in [0.05, 0.1) is 13.7 Å². The van der Waals surface area contributed by atoms with E-state index in [1.54, 1.807) is 7.11 Å². The summed E-state index contributed by atoms with van der Waals surface area (Å²) in [6.07, 6.45) is 0. The van der Waals surface area contributed by atoms with E-state index in [1.165, 1.54) is 5.56 Å². The molecule has 2 amide bonds. The standard InChI is InChI=1S/C21H24N2O2/c1-21(2,3)17-9-11-18(12-10-17)23-20(24)22-15-5-6-16-7-13-19(25-4)14-8-16/h7-14H,15H2,1-4H3,(H2,22,23,24). The van der Waals surface area contributed by atoms with Gasteiger partial charge in [0.1, 0.15) is 5.75 Å². The molecule has 0 aromatic heterocycles. The Kier molecular flexibility index (Phi) is 6.08. The summed E-state index contributed by atoms with van der Waals surface area (Å²) >= 11 is 0. The van der Waals surface area contributed by atoms with E-state index in [0.717, 1.165) is 17.0 Å². The van der Waals surface area contributed by atoms with Crippen molar-refractivity contribution in [3.63, 3.8) is 0 Å². The lowest BCUT2D eigenvalue weighted by Crippen LogP contribution is -2.28. The summed E-state index contributed by atoms with van der Waals surface area (Å²) in [5, 5.41) is 5.52. The summed E-state index contributed by atoms with van der Waals surface area (Å²) in [4.78, 5) is 11.9. The average Bonchev–Trinajstić information content (AvgIpc) is 2.59. The normalized spacial score (nSPS) is 10.4. The van der Waals surface area contributed by atoms with Crippen molar-refractivity contribution < 1.29 is 9.53 Å². The van der Waals surface area contributed by atoms with E-state index >= 15 is 0 Å². The molecule has 0 saturated carbocycles. The average molecular weight is 336 g/mol. The molecule has 0 saturated heterocycles. The quantitative estimate of drug-likeness (QED) is 0.827. The molecule has 2 aromatic carbocycles. The van der Waals surface area contributed by atoms with Crippen molar-refractivity contribution in [1.29, 1.82) is 0 Å². The van der Waals surface area contributed by atoms with Gasteiger partial charge in [-0.05, 0) is 47.4 Å². The number of carbonyl (C=O) groups is 1. The number of urea groups is 1. The Hall–Kier alpha value is -2.93. The van der Waals surface area contributed by atoms with Crippen LogP contribution in [0.3, 0.4) is 0 Å². The number of rotatable bonds is 3. The lowest BCUT2D eigenvalue weighted by Gasteiger charge is -2.19. The van der Waals surface area contributed by atoms with Crippen molar-refractivity contribution in [2.75, 3.05) is 19.0 Å². The first-order valence-electron chi connectivity index (χ1n) is 8.17. The predicted molar refractivity (Wildman–Crippen MR) is 102 cm³/mol. The molecule has 25 heavy (non-hydrogen) atoms. The van der Waals surface area contributed by atoms with Crippen molar-refractivity contribution in [3.8, 4) is 17.6 Å². The molecule has 2 aromatic rings. The molecule has 0 bridgehead atoms. The Balaban J connectivity index is 1.82. The Labute approximate surface area is 149 Å². The monoisotopic (exact) mass is 336 g/mol. The zero-order valence-electron chi connectivity index (χ0n) is 15.1. The fourth-order valence-corrected chi connectivity index (χ4v) is 2.17. The molecule has 0 unspecified atom stereocenters. The van der Waals surface area contributed by atoms with Gasteiger partial charge in [-0.15, -0.1) is 0 Å². The van der Waals surface area contributed by atoms with E-state index in [-0.39, 0.29) is 18.0 Å². The number of hydrogen-bond donors (Lipinski definition) is 2. The Morgan fingerprint density at radius 2 is 1.68 bits per heavy atom. The zero-order chi connectivity index (χ0) is 18.3. The highest BCUT2D eigenvalue weighted by atomic mass is 16.5. The van der Waals surface area contributed by atoms with Crippen molar-refractivity contribution in [2.24, 2.45) is 0 Å². The number of anilines is 1. The third-order valence-electron chi connectivity index (χ3n) is 3.67. The number of hydrogen-bond acceptors (Lipinski definition) is 2. The molecular formula is C21H24N2O2. The second-order valence-electron chi connectivity index (χ2n) is 6.67. The predicted octanol–water partition coefficient (Wildman–Crippen LogP) is 4.17. The van der Waals surface area contributed by atoms with E-state index in [1.807, 2.05) is 48.5 Å². The Morgan fingerprint density at radius 3 is 2.24 bits per heavy atom. The Bertz CT molecular complexity index is 761. The fraction of sp³-hybridized carbons (Fsp3) is 0.286. The van der Waals surface area contributed by atoms with Crippen LogP contribution in [0.5, 0.6) is 5.75 Å². The third kappa shape index (κ3) is 5.89. The van der Waals surface area contributed by atoms with Crippen LogP contribution < -0.4 is 15.4 Å². The maximum atomic E-state index is 11.9. The van der Waals surface area contributed by atoms with E-state index in [9.17, 15) is 4.79 Å². The van der Waals surface area contributed by atoms with Crippen LogP contribution >= 0.6 is 0 Å². The van der Waals surface area contributed by atoms with Crippen LogP contribution in [-0.2, 0) is 5.41 Å². The highest BCUT2D eigenvalue weighted by Gasteiger charge is 2.13. The van der Waals surface area contributed by atoms with Crippen molar-refractivity contribution >= 4 is 11.7 Å². The van der Waals surface area contributed by atoms with E-state index in [4.69, 9.17) is 4.74 Å². The minimum atomic E-state index is -0.271. The van der Waals surface area contributed by atoms with Crippen molar-refractivity contribution in [1.82, 2.24) is 5.32 Å². The molecule has 4 heteroatoms. The molecule has 2 N–H and O–H groups in total. The maximum Gasteiger partial charge on any atom is 0.319 e. The number of carbonyl (C=O) groups excluding carboxylic acids is 1. The summed E-state index contributed by atoms with van der Waals surface area (Å²) < 4.78 is 5.10. The lowest BCUT2D eigenvalue weighted by molar-refractivity contribution is 0.253. The molecular weight excluding hydrogens is 312 g/mol. The molecule has 0 spiro atoms. The van der Waals surface area contributed by atoms with Crippen LogP contribution in [0, 0.1) is 11.8 Å². The topological polar surface area (TPSA) is 50.4 Å². The highest BCUT2D eigenvalue weighted by molar-refractivity contribution is 5.89. The number of nitrogens with one attached hydrogen (secondary N) is 2. The Morgan fingerprint density at radius 1 is 1.04 bits per heavy atom. The van der Waals surface area contributed by atoms with Crippen LogP contribution in [0.2, 0.25) is 0 Å². The zero-order valence-corrected chi connectivity index (χ0v) is 15.1.